The molecule has 3 N–H and O–H groups in total. The third kappa shape index (κ3) is 11.6. The molecule has 1 aliphatic heterocycles. The van der Waals surface area contributed by atoms with Crippen molar-refractivity contribution in [2.45, 2.75) is 59.0 Å². The highest BCUT2D eigenvalue weighted by molar-refractivity contribution is 6.42. The van der Waals surface area contributed by atoms with Crippen molar-refractivity contribution in [2.24, 2.45) is 11.7 Å². The summed E-state index contributed by atoms with van der Waals surface area (Å²) in [6.45, 7) is 12.5. The van der Waals surface area contributed by atoms with Crippen LogP contribution in [0.5, 0.6) is 0 Å². The largest absolute Gasteiger partial charge is 0.397 e. The maximum atomic E-state index is 5.56. The second-order valence-corrected chi connectivity index (χ2v) is 7.10. The highest BCUT2D eigenvalue weighted by Crippen LogP contribution is 2.04. The minimum atomic E-state index is -1.27. The van der Waals surface area contributed by atoms with Crippen LogP contribution >= 0.6 is 0 Å². The van der Waals surface area contributed by atoms with Crippen molar-refractivity contribution < 1.29 is 8.85 Å². The molecule has 1 unspecified atom stereocenters. The Kier molecular flexibility index (Phi) is 13.1. The van der Waals surface area contributed by atoms with E-state index in [0.717, 1.165) is 45.1 Å². The standard InChI is InChI=1S/C9H22O2Si.C5H12N2/c1-4-6-8-10-12(3)11-9-7-5-2;1-4(6)5-2-7-3-5/h12H,4-9H2,1-3H3;4-5,7H,2-3,6H2,1H3. The molecule has 0 aromatic heterocycles. The van der Waals surface area contributed by atoms with Crippen LogP contribution in [0.2, 0.25) is 6.55 Å². The summed E-state index contributed by atoms with van der Waals surface area (Å²) in [5.74, 6) is 0.750. The van der Waals surface area contributed by atoms with E-state index in [9.17, 15) is 0 Å². The van der Waals surface area contributed by atoms with E-state index in [-0.39, 0.29) is 0 Å². The lowest BCUT2D eigenvalue weighted by atomic mass is 9.96. The monoisotopic (exact) mass is 290 g/mol. The van der Waals surface area contributed by atoms with Gasteiger partial charge in [-0.3, -0.25) is 0 Å². The molecule has 0 radical (unpaired) electrons. The van der Waals surface area contributed by atoms with Gasteiger partial charge >= 0.3 is 9.28 Å². The Hall–Kier alpha value is 0.0569. The molecule has 19 heavy (non-hydrogen) atoms. The average Bonchev–Trinajstić information content (AvgIpc) is 2.27. The zero-order valence-corrected chi connectivity index (χ0v) is 14.4. The van der Waals surface area contributed by atoms with Gasteiger partial charge in [0.1, 0.15) is 0 Å². The molecule has 1 atom stereocenters. The molecule has 4 nitrogen and oxygen atoms in total. The average molecular weight is 291 g/mol. The van der Waals surface area contributed by atoms with Crippen molar-refractivity contribution in [3.63, 3.8) is 0 Å². The zero-order valence-electron chi connectivity index (χ0n) is 13.3. The molecule has 1 heterocycles. The van der Waals surface area contributed by atoms with E-state index >= 15 is 0 Å². The lowest BCUT2D eigenvalue weighted by Gasteiger charge is -2.30. The normalized spacial score (nSPS) is 16.7. The van der Waals surface area contributed by atoms with Gasteiger partial charge in [-0.15, -0.1) is 0 Å². The van der Waals surface area contributed by atoms with E-state index in [0.29, 0.717) is 6.04 Å². The lowest BCUT2D eigenvalue weighted by Crippen LogP contribution is -2.50. The van der Waals surface area contributed by atoms with E-state index < -0.39 is 9.28 Å². The van der Waals surface area contributed by atoms with E-state index in [1.165, 1.54) is 12.8 Å². The predicted molar refractivity (Wildman–Crippen MR) is 84.7 cm³/mol. The van der Waals surface area contributed by atoms with Crippen LogP contribution in [0.3, 0.4) is 0 Å². The molecular formula is C14H34N2O2Si. The smallest absolute Gasteiger partial charge is 0.318 e. The Morgan fingerprint density at radius 3 is 1.84 bits per heavy atom. The topological polar surface area (TPSA) is 56.5 Å². The van der Waals surface area contributed by atoms with Crippen molar-refractivity contribution in [2.75, 3.05) is 26.3 Å². The fourth-order valence-corrected chi connectivity index (χ4v) is 2.61. The third-order valence-corrected chi connectivity index (χ3v) is 4.67. The van der Waals surface area contributed by atoms with Crippen LogP contribution in [0.15, 0.2) is 0 Å². The van der Waals surface area contributed by atoms with Gasteiger partial charge in [0.25, 0.3) is 0 Å². The molecule has 0 aromatic rings. The fourth-order valence-electron chi connectivity index (χ4n) is 1.52. The van der Waals surface area contributed by atoms with Crippen molar-refractivity contribution in [3.8, 4) is 0 Å². The van der Waals surface area contributed by atoms with E-state index in [1.807, 2.05) is 0 Å². The second-order valence-electron chi connectivity index (χ2n) is 5.29. The highest BCUT2D eigenvalue weighted by atomic mass is 28.3. The van der Waals surface area contributed by atoms with Gasteiger partial charge in [-0.25, -0.2) is 0 Å². The molecular weight excluding hydrogens is 256 g/mol. The Bertz CT molecular complexity index is 180. The van der Waals surface area contributed by atoms with Crippen LogP contribution in [-0.4, -0.2) is 41.6 Å². The molecule has 1 fully saturated rings. The van der Waals surface area contributed by atoms with Crippen LogP contribution in [0.1, 0.15) is 46.5 Å². The Balaban J connectivity index is 0.000000388. The molecule has 0 bridgehead atoms. The molecule has 1 saturated heterocycles. The number of nitrogens with one attached hydrogen (secondary N) is 1. The summed E-state index contributed by atoms with van der Waals surface area (Å²) in [5, 5.41) is 3.16. The number of rotatable bonds is 9. The molecule has 116 valence electrons. The number of unbranched alkanes of at least 4 members (excludes halogenated alkanes) is 2. The van der Waals surface area contributed by atoms with Gasteiger partial charge in [-0.2, -0.15) is 0 Å². The first-order valence-electron chi connectivity index (χ1n) is 7.81. The van der Waals surface area contributed by atoms with Crippen LogP contribution < -0.4 is 11.1 Å². The Morgan fingerprint density at radius 1 is 1.16 bits per heavy atom. The van der Waals surface area contributed by atoms with E-state index in [1.54, 1.807) is 0 Å². The molecule has 0 amide bonds. The quantitative estimate of drug-likeness (QED) is 0.504. The van der Waals surface area contributed by atoms with Gasteiger partial charge in [-0.1, -0.05) is 26.7 Å². The summed E-state index contributed by atoms with van der Waals surface area (Å²) >= 11 is 0. The van der Waals surface area contributed by atoms with Crippen LogP contribution in [-0.2, 0) is 8.85 Å². The van der Waals surface area contributed by atoms with Crippen molar-refractivity contribution in [3.05, 3.63) is 0 Å². The maximum Gasteiger partial charge on any atom is 0.318 e. The third-order valence-electron chi connectivity index (χ3n) is 3.26. The highest BCUT2D eigenvalue weighted by Gasteiger charge is 2.19. The first-order valence-corrected chi connectivity index (χ1v) is 9.91. The summed E-state index contributed by atoms with van der Waals surface area (Å²) in [6.07, 6.45) is 4.73. The molecule has 0 saturated carbocycles. The number of nitrogens with two attached hydrogens (primary N) is 1. The van der Waals surface area contributed by atoms with E-state index in [2.05, 4.69) is 32.6 Å². The van der Waals surface area contributed by atoms with Crippen molar-refractivity contribution in [1.82, 2.24) is 5.32 Å². The minimum Gasteiger partial charge on any atom is -0.397 e. The van der Waals surface area contributed by atoms with Crippen molar-refractivity contribution in [1.29, 1.82) is 0 Å². The van der Waals surface area contributed by atoms with Crippen LogP contribution in [0, 0.1) is 5.92 Å². The molecule has 5 heteroatoms. The Labute approximate surface area is 121 Å². The van der Waals surface area contributed by atoms with Gasteiger partial charge in [0, 0.05) is 32.3 Å². The Morgan fingerprint density at radius 2 is 1.63 bits per heavy atom. The SMILES string of the molecule is CC(N)C1CNC1.CCCCO[SiH](C)OCCCC. The van der Waals surface area contributed by atoms with Gasteiger partial charge in [0.15, 0.2) is 0 Å². The molecule has 0 aliphatic carbocycles. The second kappa shape index (κ2) is 13.1. The summed E-state index contributed by atoms with van der Waals surface area (Å²) in [6, 6.07) is 0.390. The first-order chi connectivity index (χ1) is 9.11. The zero-order chi connectivity index (χ0) is 14.5. The first kappa shape index (κ1) is 19.1. The van der Waals surface area contributed by atoms with Gasteiger partial charge in [0.2, 0.25) is 0 Å². The summed E-state index contributed by atoms with van der Waals surface area (Å²) in [4.78, 5) is 0. The predicted octanol–water partition coefficient (Wildman–Crippen LogP) is 2.02. The van der Waals surface area contributed by atoms with Gasteiger partial charge < -0.3 is 19.9 Å². The fraction of sp³-hybridized carbons (Fsp3) is 1.00. The molecule has 1 aliphatic rings. The van der Waals surface area contributed by atoms with Gasteiger partial charge in [-0.05, 0) is 32.2 Å². The summed E-state index contributed by atoms with van der Waals surface area (Å²) < 4.78 is 11.1. The lowest BCUT2D eigenvalue weighted by molar-refractivity contribution is 0.197. The number of hydrogen-bond donors (Lipinski definition) is 2. The minimum absolute atomic E-state index is 0.390. The molecule has 0 aromatic carbocycles. The summed E-state index contributed by atoms with van der Waals surface area (Å²) in [7, 11) is -1.27. The van der Waals surface area contributed by atoms with E-state index in [4.69, 9.17) is 14.6 Å². The van der Waals surface area contributed by atoms with Gasteiger partial charge in [0.05, 0.1) is 0 Å². The van der Waals surface area contributed by atoms with Crippen molar-refractivity contribution >= 4 is 9.28 Å². The van der Waals surface area contributed by atoms with Crippen LogP contribution in [0.4, 0.5) is 0 Å². The summed E-state index contributed by atoms with van der Waals surface area (Å²) in [5.41, 5.74) is 5.56. The molecule has 1 rings (SSSR count). The van der Waals surface area contributed by atoms with Crippen LogP contribution in [0.25, 0.3) is 0 Å². The maximum absolute atomic E-state index is 5.56. The molecule has 0 spiro atoms. The number of hydrogen-bond acceptors (Lipinski definition) is 4.